The fourth-order valence-electron chi connectivity index (χ4n) is 3.41. The molecule has 0 radical (unpaired) electrons. The van der Waals surface area contributed by atoms with Crippen LogP contribution in [-0.2, 0) is 19.1 Å². The van der Waals surface area contributed by atoms with E-state index in [0.29, 0.717) is 25.4 Å². The molecule has 0 aliphatic carbocycles. The zero-order valence-corrected chi connectivity index (χ0v) is 15.9. The van der Waals surface area contributed by atoms with E-state index in [-0.39, 0.29) is 38.2 Å². The SMILES string of the molecule is O=C(CC1C(=O)NCCN1CC(O)COc1ccccc1)OCC1CCCO1. The molecule has 1 aromatic carbocycles. The zero-order chi connectivity index (χ0) is 19.8. The second-order valence-electron chi connectivity index (χ2n) is 7.10. The predicted octanol–water partition coefficient (Wildman–Crippen LogP) is 0.339. The summed E-state index contributed by atoms with van der Waals surface area (Å²) in [5.41, 5.74) is 0. The van der Waals surface area contributed by atoms with Crippen molar-refractivity contribution in [2.24, 2.45) is 0 Å². The van der Waals surface area contributed by atoms with Crippen LogP contribution in [-0.4, -0.2) is 79.6 Å². The lowest BCUT2D eigenvalue weighted by molar-refractivity contribution is -0.151. The van der Waals surface area contributed by atoms with E-state index >= 15 is 0 Å². The number of carbonyl (C=O) groups is 2. The van der Waals surface area contributed by atoms with Gasteiger partial charge < -0.3 is 24.6 Å². The number of hydrogen-bond acceptors (Lipinski definition) is 7. The number of rotatable bonds is 9. The Kier molecular flexibility index (Phi) is 7.64. The van der Waals surface area contributed by atoms with Gasteiger partial charge in [-0.3, -0.25) is 14.5 Å². The van der Waals surface area contributed by atoms with Gasteiger partial charge in [0.15, 0.2) is 0 Å². The maximum absolute atomic E-state index is 12.3. The lowest BCUT2D eigenvalue weighted by Gasteiger charge is -2.35. The van der Waals surface area contributed by atoms with Crippen molar-refractivity contribution in [3.8, 4) is 5.75 Å². The van der Waals surface area contributed by atoms with Crippen LogP contribution in [0.15, 0.2) is 30.3 Å². The summed E-state index contributed by atoms with van der Waals surface area (Å²) < 4.78 is 16.3. The van der Waals surface area contributed by atoms with Crippen LogP contribution in [0.2, 0.25) is 0 Å². The van der Waals surface area contributed by atoms with Crippen molar-refractivity contribution in [1.29, 1.82) is 0 Å². The number of β-amino-alcohol motifs (C(OH)–C–C–N with tert-alkyl or cyclic N) is 1. The molecule has 3 rings (SSSR count). The minimum Gasteiger partial charge on any atom is -0.491 e. The van der Waals surface area contributed by atoms with Crippen molar-refractivity contribution in [3.63, 3.8) is 0 Å². The molecule has 1 amide bonds. The molecule has 28 heavy (non-hydrogen) atoms. The first kappa shape index (κ1) is 20.6. The fraction of sp³-hybridized carbons (Fsp3) is 0.600. The van der Waals surface area contributed by atoms with Crippen molar-refractivity contribution in [1.82, 2.24) is 10.2 Å². The Morgan fingerprint density at radius 2 is 2.18 bits per heavy atom. The first-order valence-corrected chi connectivity index (χ1v) is 9.76. The van der Waals surface area contributed by atoms with E-state index in [9.17, 15) is 14.7 Å². The number of para-hydroxylation sites is 1. The molecule has 1 aromatic rings. The molecule has 2 fully saturated rings. The van der Waals surface area contributed by atoms with Gasteiger partial charge in [0.2, 0.25) is 5.91 Å². The predicted molar refractivity (Wildman–Crippen MR) is 101 cm³/mol. The smallest absolute Gasteiger partial charge is 0.308 e. The number of piperazine rings is 1. The van der Waals surface area contributed by atoms with Crippen LogP contribution >= 0.6 is 0 Å². The van der Waals surface area contributed by atoms with E-state index in [1.54, 1.807) is 0 Å². The van der Waals surface area contributed by atoms with E-state index in [2.05, 4.69) is 5.32 Å². The van der Waals surface area contributed by atoms with Crippen molar-refractivity contribution in [2.45, 2.75) is 37.5 Å². The lowest BCUT2D eigenvalue weighted by atomic mass is 10.1. The van der Waals surface area contributed by atoms with Crippen molar-refractivity contribution in [2.75, 3.05) is 39.5 Å². The van der Waals surface area contributed by atoms with Gasteiger partial charge in [-0.25, -0.2) is 0 Å². The number of amides is 1. The molecule has 0 aromatic heterocycles. The lowest BCUT2D eigenvalue weighted by Crippen LogP contribution is -2.57. The number of carbonyl (C=O) groups excluding carboxylic acids is 2. The molecule has 8 heteroatoms. The van der Waals surface area contributed by atoms with Crippen LogP contribution in [0.3, 0.4) is 0 Å². The topological polar surface area (TPSA) is 97.3 Å². The second kappa shape index (κ2) is 10.4. The number of aliphatic hydroxyl groups is 1. The monoisotopic (exact) mass is 392 g/mol. The first-order chi connectivity index (χ1) is 13.6. The van der Waals surface area contributed by atoms with E-state index in [4.69, 9.17) is 14.2 Å². The fourth-order valence-corrected chi connectivity index (χ4v) is 3.41. The molecule has 2 N–H and O–H groups in total. The van der Waals surface area contributed by atoms with Gasteiger partial charge in [-0.1, -0.05) is 18.2 Å². The van der Waals surface area contributed by atoms with Crippen LogP contribution in [0, 0.1) is 0 Å². The highest BCUT2D eigenvalue weighted by atomic mass is 16.6. The van der Waals surface area contributed by atoms with Gasteiger partial charge in [-0.05, 0) is 25.0 Å². The largest absolute Gasteiger partial charge is 0.491 e. The molecule has 8 nitrogen and oxygen atoms in total. The molecule has 2 aliphatic rings. The number of benzene rings is 1. The van der Waals surface area contributed by atoms with Gasteiger partial charge in [0.05, 0.1) is 18.6 Å². The molecular weight excluding hydrogens is 364 g/mol. The van der Waals surface area contributed by atoms with E-state index in [1.807, 2.05) is 35.2 Å². The molecule has 154 valence electrons. The van der Waals surface area contributed by atoms with Crippen LogP contribution in [0.5, 0.6) is 5.75 Å². The average Bonchev–Trinajstić information content (AvgIpc) is 3.22. The summed E-state index contributed by atoms with van der Waals surface area (Å²) in [5, 5.41) is 13.1. The molecule has 0 saturated carbocycles. The standard InChI is InChI=1S/C20H28N2O6/c23-15(13-27-16-5-2-1-3-6-16)12-22-9-8-21-20(25)18(22)11-19(24)28-14-17-7-4-10-26-17/h1-3,5-6,15,17-18,23H,4,7-14H2,(H,21,25). The summed E-state index contributed by atoms with van der Waals surface area (Å²) in [7, 11) is 0. The van der Waals surface area contributed by atoms with Crippen molar-refractivity contribution < 1.29 is 28.9 Å². The molecular formula is C20H28N2O6. The first-order valence-electron chi connectivity index (χ1n) is 9.76. The molecule has 3 unspecified atom stereocenters. The highest BCUT2D eigenvalue weighted by Crippen LogP contribution is 2.15. The number of hydrogen-bond donors (Lipinski definition) is 2. The molecule has 0 bridgehead atoms. The molecule has 2 aliphatic heterocycles. The third-order valence-corrected chi connectivity index (χ3v) is 4.89. The van der Waals surface area contributed by atoms with Crippen LogP contribution in [0.25, 0.3) is 0 Å². The maximum atomic E-state index is 12.3. The van der Waals surface area contributed by atoms with Crippen molar-refractivity contribution in [3.05, 3.63) is 30.3 Å². The number of esters is 1. The van der Waals surface area contributed by atoms with Gasteiger partial charge in [0.1, 0.15) is 25.1 Å². The molecule has 2 saturated heterocycles. The van der Waals surface area contributed by atoms with Crippen molar-refractivity contribution >= 4 is 11.9 Å². The Hall–Kier alpha value is -2.16. The Labute approximate surface area is 164 Å². The minimum absolute atomic E-state index is 0.0443. The Balaban J connectivity index is 1.46. The summed E-state index contributed by atoms with van der Waals surface area (Å²) in [6.07, 6.45) is 0.986. The van der Waals surface area contributed by atoms with E-state index in [0.717, 1.165) is 12.8 Å². The highest BCUT2D eigenvalue weighted by molar-refractivity contribution is 5.87. The average molecular weight is 392 g/mol. The van der Waals surface area contributed by atoms with Gasteiger partial charge in [-0.2, -0.15) is 0 Å². The number of aliphatic hydroxyl groups excluding tert-OH is 1. The number of nitrogens with zero attached hydrogens (tertiary/aromatic N) is 1. The third-order valence-electron chi connectivity index (χ3n) is 4.89. The van der Waals surface area contributed by atoms with Gasteiger partial charge in [-0.15, -0.1) is 0 Å². The Morgan fingerprint density at radius 1 is 1.36 bits per heavy atom. The van der Waals surface area contributed by atoms with Gasteiger partial charge >= 0.3 is 5.97 Å². The summed E-state index contributed by atoms with van der Waals surface area (Å²) in [4.78, 5) is 26.3. The second-order valence-corrected chi connectivity index (χ2v) is 7.10. The van der Waals surface area contributed by atoms with E-state index < -0.39 is 18.1 Å². The number of nitrogens with one attached hydrogen (secondary N) is 1. The zero-order valence-electron chi connectivity index (χ0n) is 15.9. The Morgan fingerprint density at radius 3 is 2.93 bits per heavy atom. The van der Waals surface area contributed by atoms with Gasteiger partial charge in [0, 0.05) is 26.2 Å². The quantitative estimate of drug-likeness (QED) is 0.585. The highest BCUT2D eigenvalue weighted by Gasteiger charge is 2.33. The van der Waals surface area contributed by atoms with Crippen LogP contribution < -0.4 is 10.1 Å². The molecule has 3 atom stereocenters. The molecule has 2 heterocycles. The van der Waals surface area contributed by atoms with Gasteiger partial charge in [0.25, 0.3) is 0 Å². The number of ether oxygens (including phenoxy) is 3. The maximum Gasteiger partial charge on any atom is 0.308 e. The minimum atomic E-state index is -0.781. The van der Waals surface area contributed by atoms with Crippen LogP contribution in [0.1, 0.15) is 19.3 Å². The van der Waals surface area contributed by atoms with Crippen LogP contribution in [0.4, 0.5) is 0 Å². The Bertz CT molecular complexity index is 635. The summed E-state index contributed by atoms with van der Waals surface area (Å²) in [6.45, 7) is 2.30. The molecule has 0 spiro atoms. The summed E-state index contributed by atoms with van der Waals surface area (Å²) in [6, 6.07) is 8.57. The van der Waals surface area contributed by atoms with E-state index in [1.165, 1.54) is 0 Å². The third kappa shape index (κ3) is 6.19. The normalized spacial score (nSPS) is 23.8. The summed E-state index contributed by atoms with van der Waals surface area (Å²) >= 11 is 0. The summed E-state index contributed by atoms with van der Waals surface area (Å²) in [5.74, 6) is 0.0151.